The van der Waals surface area contributed by atoms with Crippen LogP contribution in [0, 0.1) is 17.6 Å². The number of piperidine rings is 1. The highest BCUT2D eigenvalue weighted by atomic mass is 19.1. The highest BCUT2D eigenvalue weighted by molar-refractivity contribution is 5.79. The van der Waals surface area contributed by atoms with E-state index in [2.05, 4.69) is 20.0 Å². The average Bonchev–Trinajstić information content (AvgIpc) is 3.47. The zero-order valence-corrected chi connectivity index (χ0v) is 18.2. The predicted molar refractivity (Wildman–Crippen MR) is 116 cm³/mol. The summed E-state index contributed by atoms with van der Waals surface area (Å²) in [6.45, 7) is 1.65. The van der Waals surface area contributed by atoms with Gasteiger partial charge in [-0.2, -0.15) is 5.10 Å². The average molecular weight is 454 g/mol. The van der Waals surface area contributed by atoms with Gasteiger partial charge in [0, 0.05) is 50.8 Å². The molecule has 0 spiro atoms. The van der Waals surface area contributed by atoms with E-state index in [0.717, 1.165) is 23.3 Å². The monoisotopic (exact) mass is 454 g/mol. The van der Waals surface area contributed by atoms with Gasteiger partial charge in [0.15, 0.2) is 0 Å². The quantitative estimate of drug-likeness (QED) is 0.602. The summed E-state index contributed by atoms with van der Waals surface area (Å²) in [6.07, 6.45) is 5.03. The predicted octanol–water partition coefficient (Wildman–Crippen LogP) is 3.28. The third kappa shape index (κ3) is 4.30. The lowest BCUT2D eigenvalue weighted by atomic mass is 9.94. The number of halogens is 2. The first-order chi connectivity index (χ1) is 16.0. The first kappa shape index (κ1) is 21.4. The number of carbonyl (C=O) groups excluding carboxylic acids is 1. The van der Waals surface area contributed by atoms with Gasteiger partial charge < -0.3 is 4.90 Å². The number of aryl methyl sites for hydroxylation is 1. The van der Waals surface area contributed by atoms with E-state index >= 15 is 0 Å². The van der Waals surface area contributed by atoms with Crippen LogP contribution in [0.1, 0.15) is 30.9 Å². The van der Waals surface area contributed by atoms with Crippen molar-refractivity contribution in [3.05, 3.63) is 60.1 Å². The molecule has 172 valence electrons. The Morgan fingerprint density at radius 3 is 2.52 bits per heavy atom. The largest absolute Gasteiger partial charge is 0.356 e. The Hall–Kier alpha value is -3.40. The lowest BCUT2D eigenvalue weighted by molar-refractivity contribution is -0.182. The number of amides is 1. The molecule has 4 heterocycles. The summed E-state index contributed by atoms with van der Waals surface area (Å²) in [6, 6.07) is 6.70. The molecule has 5 rings (SSSR count). The molecule has 3 aromatic rings. The number of rotatable bonds is 4. The Kier molecular flexibility index (Phi) is 5.76. The smallest absolute Gasteiger partial charge is 0.249 e. The Bertz CT molecular complexity index is 1140. The standard InChI is InChI=1S/C23H24F2N6O2/c1-29-21(2-6-28-29)19-13-22(27-14-26-19)30-7-3-15(4-8-30)23(32)31-20(5-9-33-31)16-10-17(24)12-18(25)11-16/h2,6,10-15,20H,3-5,7-9H2,1H3. The molecule has 0 aliphatic carbocycles. The molecule has 1 amide bonds. The van der Waals surface area contributed by atoms with E-state index in [-0.39, 0.29) is 11.8 Å². The van der Waals surface area contributed by atoms with Crippen LogP contribution >= 0.6 is 0 Å². The molecule has 0 N–H and O–H groups in total. The third-order valence-corrected chi connectivity index (χ3v) is 6.30. The first-order valence-electron chi connectivity index (χ1n) is 11.0. The number of hydrogen-bond donors (Lipinski definition) is 0. The van der Waals surface area contributed by atoms with Gasteiger partial charge in [0.25, 0.3) is 0 Å². The number of carbonyl (C=O) groups is 1. The number of hydroxylamine groups is 2. The maximum atomic E-state index is 13.7. The van der Waals surface area contributed by atoms with Gasteiger partial charge in [-0.15, -0.1) is 0 Å². The molecule has 1 aromatic carbocycles. The first-order valence-corrected chi connectivity index (χ1v) is 11.0. The normalized spacial score (nSPS) is 19.3. The van der Waals surface area contributed by atoms with Crippen LogP contribution < -0.4 is 4.90 Å². The molecular weight excluding hydrogens is 430 g/mol. The van der Waals surface area contributed by atoms with Gasteiger partial charge >= 0.3 is 0 Å². The Morgan fingerprint density at radius 1 is 1.06 bits per heavy atom. The molecule has 2 aromatic heterocycles. The second kappa shape index (κ2) is 8.86. The van der Waals surface area contributed by atoms with Crippen molar-refractivity contribution in [3.63, 3.8) is 0 Å². The summed E-state index contributed by atoms with van der Waals surface area (Å²) in [7, 11) is 1.86. The molecule has 8 nitrogen and oxygen atoms in total. The van der Waals surface area contributed by atoms with Crippen molar-refractivity contribution in [1.82, 2.24) is 24.8 Å². The molecule has 2 fully saturated rings. The van der Waals surface area contributed by atoms with E-state index in [4.69, 9.17) is 4.84 Å². The molecule has 0 radical (unpaired) electrons. The number of nitrogens with zero attached hydrogens (tertiary/aromatic N) is 6. The number of aromatic nitrogens is 4. The van der Waals surface area contributed by atoms with Crippen LogP contribution in [0.3, 0.4) is 0 Å². The Labute approximate surface area is 189 Å². The summed E-state index contributed by atoms with van der Waals surface area (Å²) in [5.41, 5.74) is 2.10. The van der Waals surface area contributed by atoms with Crippen LogP contribution in [-0.4, -0.2) is 50.4 Å². The van der Waals surface area contributed by atoms with Crippen LogP contribution in [0.5, 0.6) is 0 Å². The van der Waals surface area contributed by atoms with E-state index in [1.54, 1.807) is 10.9 Å². The van der Waals surface area contributed by atoms with E-state index in [0.29, 0.717) is 44.5 Å². The molecule has 0 saturated carbocycles. The van der Waals surface area contributed by atoms with Crippen LogP contribution in [-0.2, 0) is 16.7 Å². The molecule has 1 unspecified atom stereocenters. The Balaban J connectivity index is 1.26. The van der Waals surface area contributed by atoms with Crippen molar-refractivity contribution in [2.24, 2.45) is 13.0 Å². The van der Waals surface area contributed by atoms with Gasteiger partial charge in [0.2, 0.25) is 5.91 Å². The molecule has 0 bridgehead atoms. The van der Waals surface area contributed by atoms with Crippen LogP contribution in [0.4, 0.5) is 14.6 Å². The van der Waals surface area contributed by atoms with Crippen LogP contribution in [0.15, 0.2) is 42.9 Å². The molecular formula is C23H24F2N6O2. The van der Waals surface area contributed by atoms with Gasteiger partial charge in [-0.05, 0) is 36.6 Å². The Morgan fingerprint density at radius 2 is 1.82 bits per heavy atom. The van der Waals surface area contributed by atoms with Crippen molar-refractivity contribution in [1.29, 1.82) is 0 Å². The lowest BCUT2D eigenvalue weighted by Gasteiger charge is -2.34. The second-order valence-corrected chi connectivity index (χ2v) is 8.37. The van der Waals surface area contributed by atoms with E-state index < -0.39 is 17.7 Å². The fourth-order valence-electron chi connectivity index (χ4n) is 4.58. The zero-order chi connectivity index (χ0) is 22.9. The van der Waals surface area contributed by atoms with Gasteiger partial charge in [-0.1, -0.05) is 0 Å². The summed E-state index contributed by atoms with van der Waals surface area (Å²) in [5, 5.41) is 5.51. The maximum absolute atomic E-state index is 13.7. The van der Waals surface area contributed by atoms with E-state index in [1.165, 1.54) is 23.5 Å². The fourth-order valence-corrected chi connectivity index (χ4v) is 4.58. The van der Waals surface area contributed by atoms with Crippen molar-refractivity contribution in [2.45, 2.75) is 25.3 Å². The van der Waals surface area contributed by atoms with Crippen molar-refractivity contribution in [2.75, 3.05) is 24.6 Å². The second-order valence-electron chi connectivity index (χ2n) is 8.37. The van der Waals surface area contributed by atoms with E-state index in [9.17, 15) is 13.6 Å². The minimum atomic E-state index is -0.659. The van der Waals surface area contributed by atoms with Gasteiger partial charge in [-0.25, -0.2) is 23.8 Å². The number of hydrogen-bond acceptors (Lipinski definition) is 6. The zero-order valence-electron chi connectivity index (χ0n) is 18.2. The highest BCUT2D eigenvalue weighted by Gasteiger charge is 2.37. The van der Waals surface area contributed by atoms with Crippen molar-refractivity contribution in [3.8, 4) is 11.4 Å². The molecule has 10 heteroatoms. The number of anilines is 1. The minimum absolute atomic E-state index is 0.139. The summed E-state index contributed by atoms with van der Waals surface area (Å²) < 4.78 is 29.2. The lowest BCUT2D eigenvalue weighted by Crippen LogP contribution is -2.42. The molecule has 1 atom stereocenters. The van der Waals surface area contributed by atoms with E-state index in [1.807, 2.05) is 19.2 Å². The molecule has 2 saturated heterocycles. The maximum Gasteiger partial charge on any atom is 0.249 e. The van der Waals surface area contributed by atoms with Crippen LogP contribution in [0.25, 0.3) is 11.4 Å². The molecule has 33 heavy (non-hydrogen) atoms. The third-order valence-electron chi connectivity index (χ3n) is 6.30. The summed E-state index contributed by atoms with van der Waals surface area (Å²) in [4.78, 5) is 29.7. The topological polar surface area (TPSA) is 76.4 Å². The molecule has 2 aliphatic rings. The summed E-state index contributed by atoms with van der Waals surface area (Å²) in [5.74, 6) is -0.878. The minimum Gasteiger partial charge on any atom is -0.356 e. The van der Waals surface area contributed by atoms with Crippen molar-refractivity contribution < 1.29 is 18.4 Å². The summed E-state index contributed by atoms with van der Waals surface area (Å²) >= 11 is 0. The number of benzene rings is 1. The molecule has 2 aliphatic heterocycles. The van der Waals surface area contributed by atoms with Gasteiger partial charge in [0.1, 0.15) is 23.8 Å². The van der Waals surface area contributed by atoms with Crippen LogP contribution in [0.2, 0.25) is 0 Å². The van der Waals surface area contributed by atoms with Gasteiger partial charge in [-0.3, -0.25) is 14.3 Å². The van der Waals surface area contributed by atoms with Crippen molar-refractivity contribution >= 4 is 11.7 Å². The fraction of sp³-hybridized carbons (Fsp3) is 0.391. The SMILES string of the molecule is Cn1nccc1-c1cc(N2CCC(C(=O)N3OCCC3c3cc(F)cc(F)c3)CC2)ncn1. The highest BCUT2D eigenvalue weighted by Crippen LogP contribution is 2.34. The van der Waals surface area contributed by atoms with Gasteiger partial charge in [0.05, 0.1) is 24.0 Å².